The summed E-state index contributed by atoms with van der Waals surface area (Å²) in [4.78, 5) is 6.94. The summed E-state index contributed by atoms with van der Waals surface area (Å²) >= 11 is 0. The molecule has 6 heteroatoms. The Bertz CT molecular complexity index is 837. The van der Waals surface area contributed by atoms with E-state index in [1.807, 2.05) is 36.3 Å². The monoisotopic (exact) mass is 323 g/mol. The number of rotatable bonds is 4. The maximum absolute atomic E-state index is 5.61. The predicted molar refractivity (Wildman–Crippen MR) is 90.4 cm³/mol. The number of methoxy groups -OCH3 is 1. The van der Waals surface area contributed by atoms with Crippen molar-refractivity contribution in [1.82, 2.24) is 24.2 Å². The molecule has 0 spiro atoms. The van der Waals surface area contributed by atoms with Crippen LogP contribution in [0.15, 0.2) is 48.9 Å². The summed E-state index contributed by atoms with van der Waals surface area (Å²) in [7, 11) is 3.72. The topological polar surface area (TPSA) is 48.1 Å². The zero-order chi connectivity index (χ0) is 16.5. The van der Waals surface area contributed by atoms with E-state index in [-0.39, 0.29) is 6.04 Å². The van der Waals surface area contributed by atoms with Crippen LogP contribution in [0.1, 0.15) is 23.1 Å². The van der Waals surface area contributed by atoms with Crippen molar-refractivity contribution in [1.29, 1.82) is 0 Å². The minimum Gasteiger partial charge on any atom is -0.496 e. The molecule has 1 unspecified atom stereocenters. The Labute approximate surface area is 141 Å². The molecule has 0 bridgehead atoms. The third-order valence-electron chi connectivity index (χ3n) is 4.74. The number of nitrogens with zero attached hydrogens (tertiary/aromatic N) is 5. The molecule has 6 nitrogen and oxygen atoms in total. The van der Waals surface area contributed by atoms with E-state index in [0.29, 0.717) is 0 Å². The van der Waals surface area contributed by atoms with Crippen LogP contribution in [-0.4, -0.2) is 31.3 Å². The van der Waals surface area contributed by atoms with Crippen molar-refractivity contribution in [2.45, 2.75) is 25.7 Å². The van der Waals surface area contributed by atoms with Crippen LogP contribution in [0.25, 0.3) is 0 Å². The number of benzene rings is 1. The molecule has 3 heterocycles. The van der Waals surface area contributed by atoms with Crippen molar-refractivity contribution in [2.75, 3.05) is 7.11 Å². The lowest BCUT2D eigenvalue weighted by Gasteiger charge is -2.37. The average molecular weight is 323 g/mol. The van der Waals surface area contributed by atoms with Crippen molar-refractivity contribution in [3.63, 3.8) is 0 Å². The fraction of sp³-hybridized carbons (Fsp3) is 0.333. The van der Waals surface area contributed by atoms with Gasteiger partial charge in [0.25, 0.3) is 0 Å². The molecule has 0 N–H and O–H groups in total. The van der Waals surface area contributed by atoms with Crippen LogP contribution in [0, 0.1) is 0 Å². The van der Waals surface area contributed by atoms with Crippen molar-refractivity contribution in [3.05, 3.63) is 66.0 Å². The van der Waals surface area contributed by atoms with E-state index >= 15 is 0 Å². The molecule has 0 aliphatic carbocycles. The number of ether oxygens (including phenoxy) is 1. The highest BCUT2D eigenvalue weighted by atomic mass is 16.5. The molecule has 3 aromatic rings. The van der Waals surface area contributed by atoms with E-state index in [1.54, 1.807) is 7.11 Å². The first-order chi connectivity index (χ1) is 11.8. The van der Waals surface area contributed by atoms with E-state index in [4.69, 9.17) is 4.74 Å². The van der Waals surface area contributed by atoms with Crippen LogP contribution < -0.4 is 4.74 Å². The lowest BCUT2D eigenvalue weighted by Crippen LogP contribution is -2.37. The van der Waals surface area contributed by atoms with Gasteiger partial charge in [0.05, 0.1) is 25.4 Å². The van der Waals surface area contributed by atoms with E-state index in [2.05, 4.69) is 43.9 Å². The van der Waals surface area contributed by atoms with Gasteiger partial charge in [-0.3, -0.25) is 9.58 Å². The molecule has 1 atom stereocenters. The van der Waals surface area contributed by atoms with Crippen LogP contribution in [0.5, 0.6) is 5.75 Å². The van der Waals surface area contributed by atoms with Crippen molar-refractivity contribution in [2.24, 2.45) is 7.05 Å². The zero-order valence-corrected chi connectivity index (χ0v) is 14.0. The van der Waals surface area contributed by atoms with E-state index in [0.717, 1.165) is 31.2 Å². The summed E-state index contributed by atoms with van der Waals surface area (Å²) in [6.07, 6.45) is 5.78. The van der Waals surface area contributed by atoms with Crippen LogP contribution >= 0.6 is 0 Å². The summed E-state index contributed by atoms with van der Waals surface area (Å²) in [5.74, 6) is 2.03. The predicted octanol–water partition coefficient (Wildman–Crippen LogP) is 2.38. The van der Waals surface area contributed by atoms with Crippen LogP contribution in [0.3, 0.4) is 0 Å². The van der Waals surface area contributed by atoms with E-state index in [1.165, 1.54) is 11.3 Å². The molecule has 1 aliphatic rings. The minimum atomic E-state index is 0.234. The average Bonchev–Trinajstić information content (AvgIpc) is 3.23. The molecule has 4 rings (SSSR count). The van der Waals surface area contributed by atoms with Gasteiger partial charge in [-0.15, -0.1) is 0 Å². The lowest BCUT2D eigenvalue weighted by atomic mass is 10.0. The van der Waals surface area contributed by atoms with Gasteiger partial charge in [0.15, 0.2) is 0 Å². The molecule has 0 saturated carbocycles. The Hall–Kier alpha value is -2.60. The van der Waals surface area contributed by atoms with Crippen LogP contribution in [0.2, 0.25) is 0 Å². The maximum atomic E-state index is 5.61. The second-order valence-corrected chi connectivity index (χ2v) is 6.10. The van der Waals surface area contributed by atoms with Crippen molar-refractivity contribution >= 4 is 0 Å². The molecule has 1 aromatic carbocycles. The number of hydrogen-bond acceptors (Lipinski definition) is 4. The quantitative estimate of drug-likeness (QED) is 0.740. The second kappa shape index (κ2) is 6.13. The largest absolute Gasteiger partial charge is 0.496 e. The summed E-state index contributed by atoms with van der Waals surface area (Å²) in [6.45, 7) is 2.50. The van der Waals surface area contributed by atoms with E-state index in [9.17, 15) is 0 Å². The van der Waals surface area contributed by atoms with Gasteiger partial charge in [0.2, 0.25) is 0 Å². The molecule has 2 aromatic heterocycles. The molecule has 1 aliphatic heterocycles. The standard InChI is InChI=1S/C18H21N5O/c1-21-14(7-8-20-21)11-23-13-18-19-9-10-22(18)12-16(23)15-5-3-4-6-17(15)24-2/h3-10,16H,11-13H2,1-2H3. The Morgan fingerprint density at radius 2 is 2.08 bits per heavy atom. The number of para-hydroxylation sites is 1. The maximum Gasteiger partial charge on any atom is 0.123 e. The summed E-state index contributed by atoms with van der Waals surface area (Å²) in [5, 5.41) is 4.29. The highest BCUT2D eigenvalue weighted by molar-refractivity contribution is 5.36. The van der Waals surface area contributed by atoms with Gasteiger partial charge in [-0.05, 0) is 12.1 Å². The van der Waals surface area contributed by atoms with Crippen molar-refractivity contribution in [3.8, 4) is 5.75 Å². The minimum absolute atomic E-state index is 0.234. The van der Waals surface area contributed by atoms with Gasteiger partial charge in [0, 0.05) is 44.3 Å². The SMILES string of the molecule is COc1ccccc1C1Cn2ccnc2CN1Cc1ccnn1C. The molecule has 0 radical (unpaired) electrons. The third kappa shape index (κ3) is 2.59. The zero-order valence-electron chi connectivity index (χ0n) is 14.0. The number of fused-ring (bicyclic) bond motifs is 1. The molecule has 0 saturated heterocycles. The van der Waals surface area contributed by atoms with Gasteiger partial charge in [-0.2, -0.15) is 5.10 Å². The third-order valence-corrected chi connectivity index (χ3v) is 4.74. The highest BCUT2D eigenvalue weighted by Crippen LogP contribution is 2.35. The Kier molecular flexibility index (Phi) is 3.82. The summed E-state index contributed by atoms with van der Waals surface area (Å²) in [6, 6.07) is 10.6. The molecule has 0 fully saturated rings. The van der Waals surface area contributed by atoms with Gasteiger partial charge < -0.3 is 9.30 Å². The highest BCUT2D eigenvalue weighted by Gasteiger charge is 2.30. The number of imidazole rings is 1. The summed E-state index contributed by atoms with van der Waals surface area (Å²) in [5.41, 5.74) is 2.40. The van der Waals surface area contributed by atoms with Crippen molar-refractivity contribution < 1.29 is 4.74 Å². The Morgan fingerprint density at radius 1 is 1.21 bits per heavy atom. The Morgan fingerprint density at radius 3 is 2.88 bits per heavy atom. The van der Waals surface area contributed by atoms with Gasteiger partial charge >= 0.3 is 0 Å². The first-order valence-corrected chi connectivity index (χ1v) is 8.10. The molecule has 124 valence electrons. The first kappa shape index (κ1) is 15.0. The number of aromatic nitrogens is 4. The fourth-order valence-corrected chi connectivity index (χ4v) is 3.42. The van der Waals surface area contributed by atoms with Gasteiger partial charge in [-0.1, -0.05) is 18.2 Å². The lowest BCUT2D eigenvalue weighted by molar-refractivity contribution is 0.122. The van der Waals surface area contributed by atoms with Gasteiger partial charge in [0.1, 0.15) is 11.6 Å². The van der Waals surface area contributed by atoms with Crippen LogP contribution in [-0.2, 0) is 26.7 Å². The molecular weight excluding hydrogens is 302 g/mol. The number of hydrogen-bond donors (Lipinski definition) is 0. The molecule has 24 heavy (non-hydrogen) atoms. The van der Waals surface area contributed by atoms with Gasteiger partial charge in [-0.25, -0.2) is 4.98 Å². The molecular formula is C18H21N5O. The fourth-order valence-electron chi connectivity index (χ4n) is 3.42. The first-order valence-electron chi connectivity index (χ1n) is 8.10. The molecule has 0 amide bonds. The summed E-state index contributed by atoms with van der Waals surface area (Å²) < 4.78 is 9.77. The Balaban J connectivity index is 1.72. The smallest absolute Gasteiger partial charge is 0.123 e. The van der Waals surface area contributed by atoms with Crippen LogP contribution in [0.4, 0.5) is 0 Å². The second-order valence-electron chi connectivity index (χ2n) is 6.10. The van der Waals surface area contributed by atoms with E-state index < -0.39 is 0 Å². The normalized spacial score (nSPS) is 17.7. The number of aryl methyl sites for hydroxylation is 1.